The molecule has 1 unspecified atom stereocenters. The summed E-state index contributed by atoms with van der Waals surface area (Å²) in [6.45, 7) is 0. The van der Waals surface area contributed by atoms with Crippen molar-refractivity contribution >= 4 is 40.3 Å². The maximum Gasteiger partial charge on any atom is 0.414 e. The molecule has 172 valence electrons. The molecule has 34 heavy (non-hydrogen) atoms. The van der Waals surface area contributed by atoms with Crippen LogP contribution in [0.1, 0.15) is 21.5 Å². The Morgan fingerprint density at radius 1 is 1.21 bits per heavy atom. The Bertz CT molecular complexity index is 1490. The average Bonchev–Trinajstić information content (AvgIpc) is 3.32. The van der Waals surface area contributed by atoms with E-state index in [1.54, 1.807) is 12.1 Å². The van der Waals surface area contributed by atoms with Crippen LogP contribution in [0.5, 0.6) is 6.01 Å². The maximum atomic E-state index is 14.9. The number of aromatic amines is 1. The number of aromatic nitrogens is 2. The lowest BCUT2D eigenvalue weighted by Gasteiger charge is -2.35. The highest BCUT2D eigenvalue weighted by atomic mass is 35.5. The monoisotopic (exact) mass is 484 g/mol. The van der Waals surface area contributed by atoms with Gasteiger partial charge in [-0.2, -0.15) is 4.98 Å². The van der Waals surface area contributed by atoms with Gasteiger partial charge < -0.3 is 20.1 Å². The highest BCUT2D eigenvalue weighted by Crippen LogP contribution is 2.46. The number of ether oxygens (including phenoxy) is 1. The molecule has 0 fully saturated rings. The van der Waals surface area contributed by atoms with E-state index in [-0.39, 0.29) is 27.7 Å². The van der Waals surface area contributed by atoms with Crippen molar-refractivity contribution in [2.24, 2.45) is 0 Å². The zero-order valence-electron chi connectivity index (χ0n) is 17.4. The van der Waals surface area contributed by atoms with E-state index in [1.807, 2.05) is 0 Å². The second-order valence-electron chi connectivity index (χ2n) is 7.49. The van der Waals surface area contributed by atoms with E-state index < -0.39 is 35.0 Å². The van der Waals surface area contributed by atoms with Crippen molar-refractivity contribution in [1.82, 2.24) is 15.3 Å². The predicted octanol–water partition coefficient (Wildman–Crippen LogP) is 4.07. The van der Waals surface area contributed by atoms with Crippen molar-refractivity contribution in [3.63, 3.8) is 0 Å². The van der Waals surface area contributed by atoms with Gasteiger partial charge in [0, 0.05) is 28.8 Å². The summed E-state index contributed by atoms with van der Waals surface area (Å²) in [6, 6.07) is 12.4. The molecule has 4 aromatic rings. The van der Waals surface area contributed by atoms with Crippen LogP contribution >= 0.6 is 11.6 Å². The van der Waals surface area contributed by atoms with Gasteiger partial charge in [0.15, 0.2) is 17.4 Å². The lowest BCUT2D eigenvalue weighted by Crippen LogP contribution is -2.45. The number of nitrogens with zero attached hydrogens (tertiary/aromatic N) is 2. The molecule has 0 saturated carbocycles. The standard InChI is InChI=1S/C23H15ClF2N4O4/c1-27-22(32)34-21-28-16-7-6-11(8-17(16)29-21)23(33)14-5-3-2-4-13(14)20(31)30(23)18-10-12(24)9-15(25)19(18)26/h2-10,33H,1H3,(H,27,32)(H,28,29). The van der Waals surface area contributed by atoms with Crippen LogP contribution in [0, 0.1) is 11.6 Å². The van der Waals surface area contributed by atoms with E-state index in [0.717, 1.165) is 17.0 Å². The molecular weight excluding hydrogens is 470 g/mol. The largest absolute Gasteiger partial charge is 0.414 e. The van der Waals surface area contributed by atoms with E-state index in [2.05, 4.69) is 15.3 Å². The summed E-state index contributed by atoms with van der Waals surface area (Å²) in [7, 11) is 1.39. The molecule has 0 bridgehead atoms. The van der Waals surface area contributed by atoms with Gasteiger partial charge in [0.25, 0.3) is 5.91 Å². The minimum absolute atomic E-state index is 0.0961. The molecule has 5 rings (SSSR count). The zero-order chi connectivity index (χ0) is 24.2. The van der Waals surface area contributed by atoms with E-state index in [4.69, 9.17) is 16.3 Å². The molecule has 2 heterocycles. The second-order valence-corrected chi connectivity index (χ2v) is 7.93. The summed E-state index contributed by atoms with van der Waals surface area (Å²) in [5, 5.41) is 14.1. The number of hydrogen-bond donors (Lipinski definition) is 3. The van der Waals surface area contributed by atoms with Crippen LogP contribution < -0.4 is 15.0 Å². The van der Waals surface area contributed by atoms with Gasteiger partial charge in [-0.25, -0.2) is 13.6 Å². The highest BCUT2D eigenvalue weighted by molar-refractivity contribution is 6.31. The van der Waals surface area contributed by atoms with E-state index in [9.17, 15) is 23.5 Å². The first-order chi connectivity index (χ1) is 16.2. The number of carbonyl (C=O) groups is 2. The fraction of sp³-hybridized carbons (Fsp3) is 0.0870. The third-order valence-electron chi connectivity index (χ3n) is 5.53. The number of fused-ring (bicyclic) bond motifs is 2. The number of halogens is 3. The summed E-state index contributed by atoms with van der Waals surface area (Å²) in [4.78, 5) is 32.5. The smallest absolute Gasteiger partial charge is 0.375 e. The SMILES string of the molecule is CNC(=O)Oc1nc2ccc(C3(O)c4ccccc4C(=O)N3c3cc(Cl)cc(F)c3F)cc2[nH]1. The molecule has 1 aliphatic rings. The van der Waals surface area contributed by atoms with E-state index in [0.29, 0.717) is 11.0 Å². The van der Waals surface area contributed by atoms with Crippen molar-refractivity contribution in [3.05, 3.63) is 87.9 Å². The molecule has 11 heteroatoms. The molecule has 1 atom stereocenters. The van der Waals surface area contributed by atoms with Crippen LogP contribution in [0.2, 0.25) is 5.02 Å². The molecule has 0 saturated heterocycles. The van der Waals surface area contributed by atoms with E-state index in [1.165, 1.54) is 37.4 Å². The van der Waals surface area contributed by atoms with Crippen LogP contribution in [0.25, 0.3) is 11.0 Å². The Balaban J connectivity index is 1.72. The Morgan fingerprint density at radius 3 is 2.74 bits per heavy atom. The third kappa shape index (κ3) is 3.18. The number of hydrogen-bond acceptors (Lipinski definition) is 5. The molecule has 0 radical (unpaired) electrons. The first-order valence-electron chi connectivity index (χ1n) is 9.95. The van der Waals surface area contributed by atoms with Crippen LogP contribution in [-0.2, 0) is 5.72 Å². The fourth-order valence-corrected chi connectivity index (χ4v) is 4.22. The van der Waals surface area contributed by atoms with Crippen molar-refractivity contribution in [3.8, 4) is 6.01 Å². The number of carbonyl (C=O) groups excluding carboxylic acids is 2. The van der Waals surface area contributed by atoms with Gasteiger partial charge in [-0.15, -0.1) is 0 Å². The topological polar surface area (TPSA) is 108 Å². The third-order valence-corrected chi connectivity index (χ3v) is 5.75. The fourth-order valence-electron chi connectivity index (χ4n) is 4.03. The number of H-pyrrole nitrogens is 1. The summed E-state index contributed by atoms with van der Waals surface area (Å²) in [5.41, 5.74) is -1.56. The van der Waals surface area contributed by atoms with Crippen LogP contribution in [0.4, 0.5) is 19.3 Å². The van der Waals surface area contributed by atoms with Crippen LogP contribution in [-0.4, -0.2) is 34.1 Å². The molecule has 0 aliphatic carbocycles. The molecule has 2 amide bonds. The van der Waals surface area contributed by atoms with Crippen molar-refractivity contribution < 1.29 is 28.2 Å². The van der Waals surface area contributed by atoms with Gasteiger partial charge >= 0.3 is 12.1 Å². The van der Waals surface area contributed by atoms with Crippen LogP contribution in [0.3, 0.4) is 0 Å². The Hall–Kier alpha value is -4.02. The van der Waals surface area contributed by atoms with Gasteiger partial charge in [-0.05, 0) is 30.3 Å². The van der Waals surface area contributed by atoms with Crippen molar-refractivity contribution in [2.75, 3.05) is 11.9 Å². The maximum absolute atomic E-state index is 14.9. The van der Waals surface area contributed by atoms with Gasteiger partial charge in [0.2, 0.25) is 0 Å². The summed E-state index contributed by atoms with van der Waals surface area (Å²) in [5.74, 6) is -3.35. The number of nitrogens with one attached hydrogen (secondary N) is 2. The first-order valence-corrected chi connectivity index (χ1v) is 10.3. The number of imidazole rings is 1. The number of anilines is 1. The molecule has 8 nitrogen and oxygen atoms in total. The number of amides is 2. The normalized spacial score (nSPS) is 17.2. The van der Waals surface area contributed by atoms with Crippen LogP contribution in [0.15, 0.2) is 54.6 Å². The quantitative estimate of drug-likeness (QED) is 0.380. The summed E-state index contributed by atoms with van der Waals surface area (Å²) in [6.07, 6.45) is -0.738. The lowest BCUT2D eigenvalue weighted by atomic mass is 9.93. The van der Waals surface area contributed by atoms with Gasteiger partial charge in [0.1, 0.15) is 0 Å². The highest BCUT2D eigenvalue weighted by Gasteiger charge is 2.51. The predicted molar refractivity (Wildman–Crippen MR) is 119 cm³/mol. The minimum Gasteiger partial charge on any atom is -0.375 e. The van der Waals surface area contributed by atoms with E-state index >= 15 is 0 Å². The molecule has 1 aromatic heterocycles. The zero-order valence-corrected chi connectivity index (χ0v) is 18.2. The second kappa shape index (κ2) is 7.79. The average molecular weight is 485 g/mol. The van der Waals surface area contributed by atoms with Crippen molar-refractivity contribution in [1.29, 1.82) is 0 Å². The summed E-state index contributed by atoms with van der Waals surface area (Å²) < 4.78 is 34.1. The van der Waals surface area contributed by atoms with Gasteiger partial charge in [-0.3, -0.25) is 9.69 Å². The lowest BCUT2D eigenvalue weighted by molar-refractivity contribution is 0.0698. The molecular formula is C23H15ClF2N4O4. The van der Waals surface area contributed by atoms with Gasteiger partial charge in [0.05, 0.1) is 16.7 Å². The molecule has 3 aromatic carbocycles. The Labute approximate surface area is 195 Å². The number of benzene rings is 3. The minimum atomic E-state index is -2.22. The Morgan fingerprint density at radius 2 is 1.97 bits per heavy atom. The summed E-state index contributed by atoms with van der Waals surface area (Å²) >= 11 is 5.95. The first kappa shape index (κ1) is 21.8. The number of aliphatic hydroxyl groups is 1. The van der Waals surface area contributed by atoms with Gasteiger partial charge in [-0.1, -0.05) is 35.9 Å². The molecule has 0 spiro atoms. The molecule has 1 aliphatic heterocycles. The van der Waals surface area contributed by atoms with Crippen molar-refractivity contribution in [2.45, 2.75) is 5.72 Å². The molecule has 3 N–H and O–H groups in total. The Kier molecular flexibility index (Phi) is 4.99. The number of rotatable bonds is 3.